The minimum atomic E-state index is 0.415. The second kappa shape index (κ2) is 3.16. The molecule has 0 saturated heterocycles. The molecule has 0 amide bonds. The van der Waals surface area contributed by atoms with E-state index in [4.69, 9.17) is 0 Å². The van der Waals surface area contributed by atoms with Crippen LogP contribution in [0, 0.1) is 5.92 Å². The lowest BCUT2D eigenvalue weighted by atomic mass is 10.0. The van der Waals surface area contributed by atoms with Crippen LogP contribution in [0.1, 0.15) is 27.7 Å². The summed E-state index contributed by atoms with van der Waals surface area (Å²) in [6.45, 7) is 9.32. The zero-order valence-corrected chi connectivity index (χ0v) is 7.76. The number of rotatable bonds is 1. The number of hydrogen-bond acceptors (Lipinski definition) is 2. The van der Waals surface area contributed by atoms with Crippen LogP contribution in [-0.4, -0.2) is 24.0 Å². The Bertz CT molecular complexity index is 202. The highest BCUT2D eigenvalue weighted by atomic mass is 14.9. The largest absolute Gasteiger partial charge is 0.286 e. The topological polar surface area (TPSA) is 24.7 Å². The van der Waals surface area contributed by atoms with Crippen molar-refractivity contribution in [2.75, 3.05) is 6.54 Å². The summed E-state index contributed by atoms with van der Waals surface area (Å²) in [5.41, 5.74) is 2.21. The van der Waals surface area contributed by atoms with Crippen LogP contribution >= 0.6 is 0 Å². The lowest BCUT2D eigenvalue weighted by Crippen LogP contribution is -2.25. The molecule has 0 aromatic rings. The fourth-order valence-electron chi connectivity index (χ4n) is 1.09. The van der Waals surface area contributed by atoms with E-state index in [9.17, 15) is 0 Å². The normalized spacial score (nSPS) is 25.0. The second-order valence-corrected chi connectivity index (χ2v) is 3.45. The van der Waals surface area contributed by atoms with Gasteiger partial charge in [0.05, 0.1) is 24.0 Å². The maximum Gasteiger partial charge on any atom is 0.0721 e. The van der Waals surface area contributed by atoms with Gasteiger partial charge in [-0.3, -0.25) is 9.98 Å². The van der Waals surface area contributed by atoms with Gasteiger partial charge in [-0.2, -0.15) is 0 Å². The monoisotopic (exact) mass is 152 g/mol. The van der Waals surface area contributed by atoms with Gasteiger partial charge in [0.1, 0.15) is 0 Å². The Balaban J connectivity index is 2.69. The molecule has 0 aliphatic carbocycles. The molecule has 1 aliphatic heterocycles. The molecule has 0 N–H and O–H groups in total. The van der Waals surface area contributed by atoms with E-state index >= 15 is 0 Å². The molecule has 2 nitrogen and oxygen atoms in total. The zero-order chi connectivity index (χ0) is 8.43. The van der Waals surface area contributed by atoms with Gasteiger partial charge in [-0.1, -0.05) is 13.8 Å². The Labute approximate surface area is 68.4 Å². The van der Waals surface area contributed by atoms with E-state index in [0.29, 0.717) is 12.0 Å². The molecule has 0 spiro atoms. The molecule has 0 bridgehead atoms. The maximum atomic E-state index is 4.55. The van der Waals surface area contributed by atoms with Gasteiger partial charge < -0.3 is 0 Å². The highest BCUT2D eigenvalue weighted by Gasteiger charge is 2.15. The Hall–Kier alpha value is -0.660. The van der Waals surface area contributed by atoms with E-state index in [1.54, 1.807) is 0 Å². The number of nitrogens with zero attached hydrogens (tertiary/aromatic N) is 2. The van der Waals surface area contributed by atoms with E-state index in [-0.39, 0.29) is 0 Å². The summed E-state index contributed by atoms with van der Waals surface area (Å²) in [5, 5.41) is 0. The van der Waals surface area contributed by atoms with Crippen LogP contribution in [0.2, 0.25) is 0 Å². The predicted molar refractivity (Wildman–Crippen MR) is 49.7 cm³/mol. The zero-order valence-electron chi connectivity index (χ0n) is 7.76. The summed E-state index contributed by atoms with van der Waals surface area (Å²) in [6.07, 6.45) is 0. The summed E-state index contributed by atoms with van der Waals surface area (Å²) in [7, 11) is 0. The first kappa shape index (κ1) is 8.44. The molecule has 0 aromatic heterocycles. The van der Waals surface area contributed by atoms with Crippen molar-refractivity contribution in [1.29, 1.82) is 0 Å². The first-order valence-corrected chi connectivity index (χ1v) is 4.17. The van der Waals surface area contributed by atoms with Crippen molar-refractivity contribution in [2.24, 2.45) is 15.9 Å². The van der Waals surface area contributed by atoms with Crippen LogP contribution in [0.25, 0.3) is 0 Å². The van der Waals surface area contributed by atoms with Crippen LogP contribution < -0.4 is 0 Å². The molecular weight excluding hydrogens is 136 g/mol. The van der Waals surface area contributed by atoms with Crippen LogP contribution in [-0.2, 0) is 0 Å². The highest BCUT2D eigenvalue weighted by molar-refractivity contribution is 6.40. The van der Waals surface area contributed by atoms with Gasteiger partial charge in [-0.15, -0.1) is 0 Å². The molecule has 1 atom stereocenters. The third kappa shape index (κ3) is 1.88. The average molecular weight is 152 g/mol. The Morgan fingerprint density at radius 1 is 1.27 bits per heavy atom. The SMILES string of the molecule is CC1=NC[C@H](C(C)C)N=C1C. The highest BCUT2D eigenvalue weighted by Crippen LogP contribution is 2.11. The molecule has 0 saturated carbocycles. The molecule has 1 rings (SSSR count). The van der Waals surface area contributed by atoms with Gasteiger partial charge in [0.15, 0.2) is 0 Å². The smallest absolute Gasteiger partial charge is 0.0721 e. The predicted octanol–water partition coefficient (Wildman–Crippen LogP) is 1.95. The lowest BCUT2D eigenvalue weighted by molar-refractivity contribution is 0.502. The van der Waals surface area contributed by atoms with Crippen molar-refractivity contribution >= 4 is 11.4 Å². The summed E-state index contributed by atoms with van der Waals surface area (Å²) in [4.78, 5) is 8.95. The average Bonchev–Trinajstić information content (AvgIpc) is 1.94. The molecule has 11 heavy (non-hydrogen) atoms. The quantitative estimate of drug-likeness (QED) is 0.548. The summed E-state index contributed by atoms with van der Waals surface area (Å²) in [6, 6.07) is 0.415. The van der Waals surface area contributed by atoms with E-state index in [0.717, 1.165) is 18.0 Å². The maximum absolute atomic E-state index is 4.55. The Kier molecular flexibility index (Phi) is 2.42. The van der Waals surface area contributed by atoms with Gasteiger partial charge in [0, 0.05) is 0 Å². The van der Waals surface area contributed by atoms with Crippen LogP contribution in [0.3, 0.4) is 0 Å². The van der Waals surface area contributed by atoms with Gasteiger partial charge in [0.25, 0.3) is 0 Å². The summed E-state index contributed by atoms with van der Waals surface area (Å²) < 4.78 is 0. The summed E-state index contributed by atoms with van der Waals surface area (Å²) >= 11 is 0. The van der Waals surface area contributed by atoms with E-state index in [1.807, 2.05) is 13.8 Å². The second-order valence-electron chi connectivity index (χ2n) is 3.45. The third-order valence-corrected chi connectivity index (χ3v) is 2.17. The molecule has 1 aliphatic rings. The Morgan fingerprint density at radius 2 is 1.91 bits per heavy atom. The van der Waals surface area contributed by atoms with Crippen LogP contribution in [0.4, 0.5) is 0 Å². The molecule has 0 aromatic carbocycles. The number of aliphatic imine (C=N–C) groups is 2. The van der Waals surface area contributed by atoms with Crippen LogP contribution in [0.5, 0.6) is 0 Å². The fourth-order valence-corrected chi connectivity index (χ4v) is 1.09. The molecule has 0 unspecified atom stereocenters. The van der Waals surface area contributed by atoms with E-state index in [1.165, 1.54) is 0 Å². The minimum Gasteiger partial charge on any atom is -0.286 e. The van der Waals surface area contributed by atoms with Crippen molar-refractivity contribution in [1.82, 2.24) is 0 Å². The standard InChI is InChI=1S/C9H16N2/c1-6(2)9-5-10-7(3)8(4)11-9/h6,9H,5H2,1-4H3/t9-/m1/s1. The van der Waals surface area contributed by atoms with Gasteiger partial charge in [0.2, 0.25) is 0 Å². The van der Waals surface area contributed by atoms with Crippen molar-refractivity contribution in [2.45, 2.75) is 33.7 Å². The molecule has 1 heterocycles. The first-order chi connectivity index (χ1) is 5.11. The minimum absolute atomic E-state index is 0.415. The fraction of sp³-hybridized carbons (Fsp3) is 0.778. The van der Waals surface area contributed by atoms with Gasteiger partial charge in [-0.05, 0) is 19.8 Å². The Morgan fingerprint density at radius 3 is 2.36 bits per heavy atom. The number of hydrogen-bond donors (Lipinski definition) is 0. The van der Waals surface area contributed by atoms with Crippen molar-refractivity contribution < 1.29 is 0 Å². The van der Waals surface area contributed by atoms with E-state index in [2.05, 4.69) is 23.8 Å². The molecule has 2 heteroatoms. The van der Waals surface area contributed by atoms with Crippen molar-refractivity contribution in [3.63, 3.8) is 0 Å². The van der Waals surface area contributed by atoms with Crippen molar-refractivity contribution in [3.8, 4) is 0 Å². The van der Waals surface area contributed by atoms with Crippen molar-refractivity contribution in [3.05, 3.63) is 0 Å². The van der Waals surface area contributed by atoms with Crippen LogP contribution in [0.15, 0.2) is 9.98 Å². The van der Waals surface area contributed by atoms with Gasteiger partial charge in [-0.25, -0.2) is 0 Å². The van der Waals surface area contributed by atoms with E-state index < -0.39 is 0 Å². The third-order valence-electron chi connectivity index (χ3n) is 2.17. The van der Waals surface area contributed by atoms with Gasteiger partial charge >= 0.3 is 0 Å². The molecule has 62 valence electrons. The molecular formula is C9H16N2. The first-order valence-electron chi connectivity index (χ1n) is 4.17. The summed E-state index contributed by atoms with van der Waals surface area (Å²) in [5.74, 6) is 0.613. The molecule has 0 radical (unpaired) electrons. The lowest BCUT2D eigenvalue weighted by Gasteiger charge is -2.19. The molecule has 0 fully saturated rings.